The number of hydrogen-bond acceptors (Lipinski definition) is 22. The molecule has 0 aliphatic carbocycles. The third-order valence-electron chi connectivity index (χ3n) is 23.5. The number of nitrogens with one attached hydrogen (secondary N) is 1. The van der Waals surface area contributed by atoms with E-state index < -0.39 is 0 Å². The molecule has 0 saturated carbocycles. The Morgan fingerprint density at radius 2 is 0.544 bits per heavy atom. The van der Waals surface area contributed by atoms with Crippen LogP contribution in [0.3, 0.4) is 0 Å². The zero-order valence-corrected chi connectivity index (χ0v) is 90.5. The monoisotopic (exact) mass is 2010 g/mol. The van der Waals surface area contributed by atoms with E-state index in [4.69, 9.17) is 9.47 Å². The lowest BCUT2D eigenvalue weighted by molar-refractivity contribution is 0.379. The van der Waals surface area contributed by atoms with E-state index in [0.29, 0.717) is 107 Å². The quantitative estimate of drug-likeness (QED) is 0.0782. The highest BCUT2D eigenvalue weighted by atomic mass is 16.5. The van der Waals surface area contributed by atoms with Crippen LogP contribution in [0.2, 0.25) is 0 Å². The van der Waals surface area contributed by atoms with Crippen LogP contribution in [0.4, 0.5) is 5.82 Å². The maximum absolute atomic E-state index is 5.23. The van der Waals surface area contributed by atoms with Gasteiger partial charge in [0.05, 0.1) is 105 Å². The molecule has 0 unspecified atom stereocenters. The van der Waals surface area contributed by atoms with Crippen LogP contribution in [-0.2, 0) is 6.54 Å². The van der Waals surface area contributed by atoms with Gasteiger partial charge in [-0.05, 0) is 166 Å². The lowest BCUT2D eigenvalue weighted by atomic mass is 9.94. The topological polar surface area (TPSA) is 266 Å². The number of hydrogen-bond donors (Lipinski definition) is 1. The van der Waals surface area contributed by atoms with E-state index in [9.17, 15) is 0 Å². The molecule has 0 amide bonds. The maximum Gasteiger partial charge on any atom is 0.316 e. The number of fused-ring (bicyclic) bond motifs is 8. The molecule has 1 aliphatic heterocycles. The molecule has 12 heterocycles. The smallest absolute Gasteiger partial charge is 0.316 e. The van der Waals surface area contributed by atoms with Crippen molar-refractivity contribution in [2.45, 2.75) is 382 Å². The molecule has 1 N–H and O–H groups in total. The normalized spacial score (nSPS) is 10.8. The van der Waals surface area contributed by atoms with Gasteiger partial charge in [-0.25, -0.2) is 29.9 Å². The summed E-state index contributed by atoms with van der Waals surface area (Å²) in [6.45, 7) is 74.1. The third kappa shape index (κ3) is 37.7. The van der Waals surface area contributed by atoms with E-state index in [1.165, 1.54) is 71.6 Å². The molecule has 22 nitrogen and oxygen atoms in total. The predicted octanol–water partition coefficient (Wildman–Crippen LogP) is 30.4. The minimum absolute atomic E-state index is 0. The first-order valence-electron chi connectivity index (χ1n) is 47.8. The fraction of sp³-hybridized carbons (Fsp3) is 0.496. The molecule has 0 fully saturated rings. The molecule has 24 radical (unpaired) electrons. The van der Waals surface area contributed by atoms with Crippen molar-refractivity contribution in [2.75, 3.05) is 19.1 Å². The van der Waals surface area contributed by atoms with E-state index in [1.807, 2.05) is 55.4 Å². The second-order valence-corrected chi connectivity index (χ2v) is 39.1. The SMILES string of the molecule is C.C.C.C.C.C.C.C.C=C1NCc2c(C(C)C)ncnc2N1C(C)C.CC(C)c1ccnc2c(C(C)C)cccc12.CC(C)c1cnnc2c(C(C)C)cccc12.CC(C)c1cnnc2c(C(C)C)nccc12.CC(C)c1ncnc2c(C(C)C)cccc12.CC(C)c1ncnc2c(C(C)C)nccc12.COc1nc(C(C)C)c2cccc(C(C)C)c2n1.COc1nc(C(C)C)c2ccnc(C(C)C)c2n1.[B].[B].[B].[B].[B].[B].[B].[B]. The van der Waals surface area contributed by atoms with Gasteiger partial charge in [-0.1, -0.05) is 347 Å². The fourth-order valence-corrected chi connectivity index (χ4v) is 16.6. The van der Waals surface area contributed by atoms with Gasteiger partial charge in [0.2, 0.25) is 0 Å². The second-order valence-electron chi connectivity index (χ2n) is 39.1. The molecule has 0 spiro atoms. The molecule has 0 atom stereocenters. The van der Waals surface area contributed by atoms with Crippen LogP contribution in [0.5, 0.6) is 12.0 Å². The first kappa shape index (κ1) is 153. The average molecular weight is 2010 g/mol. The van der Waals surface area contributed by atoms with Crippen LogP contribution in [0.1, 0.15) is 460 Å². The van der Waals surface area contributed by atoms with E-state index >= 15 is 0 Å². The molecular formula is C119H180B8N20O2. The van der Waals surface area contributed by atoms with Gasteiger partial charge in [0.1, 0.15) is 36.1 Å². The number of anilines is 1. The minimum Gasteiger partial charge on any atom is -0.467 e. The molecule has 1 aliphatic rings. The standard InChI is InChI=1S/C15H20N2O.C15H19N.C14H19N3O.2C14H18N2.C13H20N4.2C13H17N3.8CH4.8B/c1-9(2)11-7-6-8-12-13(10(3)4)16-15(18-5)17-14(11)12;1-10(2)12-8-9-16-15-13(11(3)4)6-5-7-14(12)15;1-8(2)11-10-6-7-15-12(9(3)4)13(10)17-14(16-11)18-5;1-9(2)11-6-5-7-12-13(10(3)4)15-8-16-14(11)12;1-9(2)11-6-5-7-12-13(10(3)4)8-15-16-14(11)12;1-8(2)12-11-6-14-10(5)17(9(3)4)13(11)16-7-15-12;1-8(2)11-10-5-6-14-12(9(3)4)13(10)16-7-15-11;1-8(2)11-7-15-16-13-10(11)5-6-14-12(13)9(3)4;;;;;;;;;;;;;;;;/h6-10H,1-5H3;5-11H,1-4H3;6-9H,1-5H3;2*5-10H,1-4H3;7-9,14H,5-6H2,1-4H3;2*5-9H,1-4H3;8*1H4;;;;;;;;. The van der Waals surface area contributed by atoms with Crippen molar-refractivity contribution in [2.24, 2.45) is 0 Å². The predicted molar refractivity (Wildman–Crippen MR) is 652 cm³/mol. The van der Waals surface area contributed by atoms with Gasteiger partial charge in [0, 0.05) is 148 Å². The Hall–Kier alpha value is -11.7. The molecule has 4 aromatic carbocycles. The van der Waals surface area contributed by atoms with Crippen molar-refractivity contribution in [3.63, 3.8) is 0 Å². The van der Waals surface area contributed by atoms with Crippen LogP contribution in [0.25, 0.3) is 76.3 Å². The van der Waals surface area contributed by atoms with Crippen LogP contribution in [-0.4, -0.2) is 178 Å². The summed E-state index contributed by atoms with van der Waals surface area (Å²) in [6.07, 6.45) is 16.2. The van der Waals surface area contributed by atoms with E-state index in [0.717, 1.165) is 113 Å². The largest absolute Gasteiger partial charge is 0.467 e. The summed E-state index contributed by atoms with van der Waals surface area (Å²) in [6, 6.07) is 35.0. The number of benzene rings is 4. The number of ether oxygens (including phenoxy) is 2. The summed E-state index contributed by atoms with van der Waals surface area (Å²) in [5, 5.41) is 28.3. The average Bonchev–Trinajstić information content (AvgIpc) is 0.784. The zero-order chi connectivity index (χ0) is 97.7. The highest BCUT2D eigenvalue weighted by Crippen LogP contribution is 2.38. The molecule has 11 aromatic heterocycles. The highest BCUT2D eigenvalue weighted by Gasteiger charge is 2.28. The Morgan fingerprint density at radius 3 is 0.926 bits per heavy atom. The maximum atomic E-state index is 5.23. The fourth-order valence-electron chi connectivity index (χ4n) is 16.6. The number of aromatic nitrogens is 18. The van der Waals surface area contributed by atoms with Crippen LogP contribution < -0.4 is 19.7 Å². The Bertz CT molecular complexity index is 5530. The number of nitrogens with zero attached hydrogens (tertiary/aromatic N) is 19. The molecule has 15 aromatic rings. The van der Waals surface area contributed by atoms with E-state index in [1.54, 1.807) is 33.2 Å². The Labute approximate surface area is 917 Å². The van der Waals surface area contributed by atoms with Gasteiger partial charge in [-0.15, -0.1) is 5.10 Å². The molecule has 0 bridgehead atoms. The van der Waals surface area contributed by atoms with Crippen molar-refractivity contribution < 1.29 is 9.47 Å². The van der Waals surface area contributed by atoms with Crippen LogP contribution in [0.15, 0.2) is 166 Å². The summed E-state index contributed by atoms with van der Waals surface area (Å²) in [5.74, 6) is 8.39. The molecule has 149 heavy (non-hydrogen) atoms. The summed E-state index contributed by atoms with van der Waals surface area (Å²) >= 11 is 0. The van der Waals surface area contributed by atoms with Crippen molar-refractivity contribution in [3.8, 4) is 12.0 Å². The first-order valence-corrected chi connectivity index (χ1v) is 47.8. The molecule has 792 valence electrons. The molecule has 0 saturated heterocycles. The Kier molecular flexibility index (Phi) is 72.1. The lowest BCUT2D eigenvalue weighted by Gasteiger charge is -2.36. The summed E-state index contributed by atoms with van der Waals surface area (Å²) in [5.41, 5.74) is 26.0. The van der Waals surface area contributed by atoms with Crippen molar-refractivity contribution in [1.82, 2.24) is 95.5 Å². The Morgan fingerprint density at radius 1 is 0.255 bits per heavy atom. The number of para-hydroxylation sites is 3. The van der Waals surface area contributed by atoms with Crippen molar-refractivity contribution in [1.29, 1.82) is 0 Å². The van der Waals surface area contributed by atoms with Crippen LogP contribution >= 0.6 is 0 Å². The second kappa shape index (κ2) is 70.4. The first-order chi connectivity index (χ1) is 63.1. The van der Waals surface area contributed by atoms with Gasteiger partial charge in [-0.2, -0.15) is 35.2 Å². The summed E-state index contributed by atoms with van der Waals surface area (Å²) < 4.78 is 10.4. The number of methoxy groups -OCH3 is 2. The summed E-state index contributed by atoms with van der Waals surface area (Å²) in [4.78, 5) is 64.3. The third-order valence-corrected chi connectivity index (χ3v) is 23.5. The van der Waals surface area contributed by atoms with Gasteiger partial charge < -0.3 is 19.7 Å². The number of rotatable bonds is 18. The Balaban J connectivity index is -0.000000250. The molecular weight excluding hydrogens is 1830 g/mol. The van der Waals surface area contributed by atoms with Gasteiger partial charge in [0.25, 0.3) is 0 Å². The zero-order valence-electron chi connectivity index (χ0n) is 90.5. The van der Waals surface area contributed by atoms with Crippen molar-refractivity contribution >= 4 is 149 Å². The number of pyridine rings is 4. The van der Waals surface area contributed by atoms with Gasteiger partial charge >= 0.3 is 12.0 Å². The molecule has 30 heteroatoms. The van der Waals surface area contributed by atoms with Gasteiger partial charge in [-0.3, -0.25) is 19.9 Å². The van der Waals surface area contributed by atoms with Gasteiger partial charge in [0.15, 0.2) is 0 Å². The lowest BCUT2D eigenvalue weighted by Crippen LogP contribution is -2.41. The minimum atomic E-state index is 0. The van der Waals surface area contributed by atoms with E-state index in [2.05, 4.69) is 407 Å². The van der Waals surface area contributed by atoms with E-state index in [-0.39, 0.29) is 127 Å². The molecule has 16 rings (SSSR count). The van der Waals surface area contributed by atoms with Crippen molar-refractivity contribution in [3.05, 3.63) is 256 Å². The summed E-state index contributed by atoms with van der Waals surface area (Å²) in [7, 11) is 3.21. The van der Waals surface area contributed by atoms with Crippen LogP contribution in [0, 0.1) is 0 Å². The highest BCUT2D eigenvalue weighted by molar-refractivity contribution is 5.90.